The van der Waals surface area contributed by atoms with Gasteiger partial charge in [0, 0.05) is 37.8 Å². The molecule has 2 N–H and O–H groups in total. The van der Waals surface area contributed by atoms with E-state index in [0.29, 0.717) is 31.7 Å². The molecular weight excluding hydrogens is 295 g/mol. The summed E-state index contributed by atoms with van der Waals surface area (Å²) < 4.78 is 37.4. The molecule has 22 heavy (non-hydrogen) atoms. The van der Waals surface area contributed by atoms with Gasteiger partial charge < -0.3 is 5.73 Å². The molecule has 0 spiro atoms. The molecule has 1 fully saturated rings. The summed E-state index contributed by atoms with van der Waals surface area (Å²) in [5.41, 5.74) is 6.63. The minimum absolute atomic E-state index is 0.158. The Balaban J connectivity index is 1.94. The van der Waals surface area contributed by atoms with Crippen molar-refractivity contribution in [2.45, 2.75) is 25.7 Å². The van der Waals surface area contributed by atoms with Crippen LogP contribution in [0.3, 0.4) is 0 Å². The van der Waals surface area contributed by atoms with Crippen LogP contribution in [0.4, 0.5) is 13.2 Å². The smallest absolute Gasteiger partial charge is 0.366 e. The Morgan fingerprint density at radius 3 is 2.68 bits per heavy atom. The molecule has 1 aliphatic heterocycles. The predicted octanol–water partition coefficient (Wildman–Crippen LogP) is 1.85. The van der Waals surface area contributed by atoms with Crippen molar-refractivity contribution >= 4 is 5.91 Å². The lowest BCUT2D eigenvalue weighted by Crippen LogP contribution is -2.53. The van der Waals surface area contributed by atoms with E-state index in [2.05, 4.69) is 4.90 Å². The number of carbonyl (C=O) groups excluding carboxylic acids is 1. The van der Waals surface area contributed by atoms with Crippen molar-refractivity contribution in [2.75, 3.05) is 26.2 Å². The molecule has 1 saturated heterocycles. The average Bonchev–Trinajstić information content (AvgIpc) is 2.41. The van der Waals surface area contributed by atoms with Crippen LogP contribution in [0.15, 0.2) is 24.3 Å². The Labute approximate surface area is 127 Å². The van der Waals surface area contributed by atoms with E-state index in [9.17, 15) is 18.0 Å². The van der Waals surface area contributed by atoms with Crippen LogP contribution in [0.1, 0.15) is 22.8 Å². The van der Waals surface area contributed by atoms with Gasteiger partial charge in [0.1, 0.15) is 0 Å². The largest absolute Gasteiger partial charge is 0.401 e. The molecule has 0 aromatic heterocycles. The summed E-state index contributed by atoms with van der Waals surface area (Å²) >= 11 is 0. The van der Waals surface area contributed by atoms with E-state index in [1.54, 1.807) is 25.1 Å². The van der Waals surface area contributed by atoms with Gasteiger partial charge in [0.05, 0.1) is 6.54 Å². The number of nitrogens with two attached hydrogens (primary N) is 1. The Morgan fingerprint density at radius 2 is 2.09 bits per heavy atom. The SMILES string of the molecule is CC1CN(Cc2cccc(C(N)=O)c2)CCN1CC(F)(F)F. The number of primary amides is 1. The van der Waals surface area contributed by atoms with E-state index in [-0.39, 0.29) is 6.04 Å². The van der Waals surface area contributed by atoms with Crippen molar-refractivity contribution in [3.8, 4) is 0 Å². The van der Waals surface area contributed by atoms with Gasteiger partial charge in [-0.15, -0.1) is 0 Å². The van der Waals surface area contributed by atoms with Crippen LogP contribution in [0, 0.1) is 0 Å². The van der Waals surface area contributed by atoms with Crippen LogP contribution in [0.2, 0.25) is 0 Å². The van der Waals surface area contributed by atoms with Gasteiger partial charge in [-0.2, -0.15) is 13.2 Å². The van der Waals surface area contributed by atoms with Gasteiger partial charge in [-0.3, -0.25) is 14.6 Å². The third-order valence-electron chi connectivity index (χ3n) is 3.85. The lowest BCUT2D eigenvalue weighted by molar-refractivity contribution is -0.155. The maximum absolute atomic E-state index is 12.5. The number of nitrogens with zero attached hydrogens (tertiary/aromatic N) is 2. The van der Waals surface area contributed by atoms with E-state index in [0.717, 1.165) is 5.56 Å². The molecule has 0 saturated carbocycles. The van der Waals surface area contributed by atoms with Crippen molar-refractivity contribution in [3.63, 3.8) is 0 Å². The van der Waals surface area contributed by atoms with E-state index < -0.39 is 18.6 Å². The molecule has 2 rings (SSSR count). The first-order valence-electron chi connectivity index (χ1n) is 7.16. The van der Waals surface area contributed by atoms with E-state index in [1.165, 1.54) is 4.90 Å². The van der Waals surface area contributed by atoms with Crippen molar-refractivity contribution in [1.29, 1.82) is 0 Å². The summed E-state index contributed by atoms with van der Waals surface area (Å²) in [5, 5.41) is 0. The van der Waals surface area contributed by atoms with Crippen LogP contribution < -0.4 is 5.73 Å². The van der Waals surface area contributed by atoms with E-state index in [1.807, 2.05) is 6.07 Å². The summed E-state index contributed by atoms with van der Waals surface area (Å²) in [7, 11) is 0. The minimum atomic E-state index is -4.16. The van der Waals surface area contributed by atoms with Gasteiger partial charge in [0.2, 0.25) is 5.91 Å². The molecule has 0 radical (unpaired) electrons. The van der Waals surface area contributed by atoms with Crippen LogP contribution in [-0.2, 0) is 6.54 Å². The molecule has 0 aliphatic carbocycles. The second-order valence-corrected chi connectivity index (χ2v) is 5.73. The molecule has 1 amide bonds. The lowest BCUT2D eigenvalue weighted by atomic mass is 10.1. The first-order valence-corrected chi connectivity index (χ1v) is 7.16. The van der Waals surface area contributed by atoms with Gasteiger partial charge in [0.25, 0.3) is 0 Å². The summed E-state index contributed by atoms with van der Waals surface area (Å²) in [6, 6.07) is 6.87. The molecule has 7 heteroatoms. The fraction of sp³-hybridized carbons (Fsp3) is 0.533. The van der Waals surface area contributed by atoms with Gasteiger partial charge in [-0.1, -0.05) is 12.1 Å². The molecule has 1 aromatic rings. The molecule has 4 nitrogen and oxygen atoms in total. The number of halogens is 3. The summed E-state index contributed by atoms with van der Waals surface area (Å²) in [6.45, 7) is 3.07. The second kappa shape index (κ2) is 6.66. The highest BCUT2D eigenvalue weighted by Crippen LogP contribution is 2.21. The minimum Gasteiger partial charge on any atom is -0.366 e. The number of piperazine rings is 1. The Morgan fingerprint density at radius 1 is 1.36 bits per heavy atom. The highest BCUT2D eigenvalue weighted by atomic mass is 19.4. The number of rotatable bonds is 4. The molecule has 1 heterocycles. The zero-order valence-corrected chi connectivity index (χ0v) is 12.4. The first kappa shape index (κ1) is 16.8. The summed E-state index contributed by atoms with van der Waals surface area (Å²) in [5.74, 6) is -0.481. The lowest BCUT2D eigenvalue weighted by Gasteiger charge is -2.40. The van der Waals surface area contributed by atoms with Crippen molar-refractivity contribution in [3.05, 3.63) is 35.4 Å². The molecule has 1 unspecified atom stereocenters. The molecule has 0 bridgehead atoms. The third kappa shape index (κ3) is 4.71. The molecule has 1 aliphatic rings. The highest BCUT2D eigenvalue weighted by molar-refractivity contribution is 5.92. The number of carbonyl (C=O) groups is 1. The van der Waals surface area contributed by atoms with Crippen molar-refractivity contribution in [2.24, 2.45) is 5.73 Å². The number of amides is 1. The summed E-state index contributed by atoms with van der Waals surface area (Å²) in [6.07, 6.45) is -4.16. The van der Waals surface area contributed by atoms with Gasteiger partial charge in [-0.25, -0.2) is 0 Å². The molecular formula is C15H20F3N3O. The Bertz CT molecular complexity index is 533. The van der Waals surface area contributed by atoms with E-state index in [4.69, 9.17) is 5.73 Å². The molecule has 122 valence electrons. The number of hydrogen-bond donors (Lipinski definition) is 1. The number of benzene rings is 1. The van der Waals surface area contributed by atoms with E-state index >= 15 is 0 Å². The maximum Gasteiger partial charge on any atom is 0.401 e. The first-order chi connectivity index (χ1) is 10.2. The van der Waals surface area contributed by atoms with Crippen LogP contribution >= 0.6 is 0 Å². The average molecular weight is 315 g/mol. The number of alkyl halides is 3. The highest BCUT2D eigenvalue weighted by Gasteiger charge is 2.34. The van der Waals surface area contributed by atoms with Crippen LogP contribution in [-0.4, -0.2) is 54.1 Å². The van der Waals surface area contributed by atoms with Crippen LogP contribution in [0.5, 0.6) is 0 Å². The molecule has 1 atom stereocenters. The Hall–Kier alpha value is -1.60. The second-order valence-electron chi connectivity index (χ2n) is 5.73. The van der Waals surface area contributed by atoms with Gasteiger partial charge in [0.15, 0.2) is 0 Å². The van der Waals surface area contributed by atoms with Gasteiger partial charge in [-0.05, 0) is 24.6 Å². The Kier molecular flexibility index (Phi) is 5.08. The zero-order valence-electron chi connectivity index (χ0n) is 12.4. The van der Waals surface area contributed by atoms with Crippen LogP contribution in [0.25, 0.3) is 0 Å². The van der Waals surface area contributed by atoms with Gasteiger partial charge >= 0.3 is 6.18 Å². The monoisotopic (exact) mass is 315 g/mol. The standard InChI is InChI=1S/C15H20F3N3O/c1-11-8-20(5-6-21(11)10-15(16,17)18)9-12-3-2-4-13(7-12)14(19)22/h2-4,7,11H,5-6,8-10H2,1H3,(H2,19,22). The fourth-order valence-electron chi connectivity index (χ4n) is 2.76. The molecule has 1 aromatic carbocycles. The summed E-state index contributed by atoms with van der Waals surface area (Å²) in [4.78, 5) is 14.7. The topological polar surface area (TPSA) is 49.6 Å². The zero-order chi connectivity index (χ0) is 16.3. The van der Waals surface area contributed by atoms with Crippen molar-refractivity contribution < 1.29 is 18.0 Å². The third-order valence-corrected chi connectivity index (χ3v) is 3.85. The number of hydrogen-bond acceptors (Lipinski definition) is 3. The predicted molar refractivity (Wildman–Crippen MR) is 77.3 cm³/mol. The maximum atomic E-state index is 12.5. The fourth-order valence-corrected chi connectivity index (χ4v) is 2.76. The normalized spacial score (nSPS) is 21.0. The van der Waals surface area contributed by atoms with Crippen molar-refractivity contribution in [1.82, 2.24) is 9.80 Å². The quantitative estimate of drug-likeness (QED) is 0.922.